The van der Waals surface area contributed by atoms with Crippen molar-refractivity contribution < 1.29 is 4.79 Å². The van der Waals surface area contributed by atoms with Gasteiger partial charge in [-0.05, 0) is 6.92 Å². The summed E-state index contributed by atoms with van der Waals surface area (Å²) in [6, 6.07) is -0.234. The van der Waals surface area contributed by atoms with Gasteiger partial charge in [0.25, 0.3) is 0 Å². The van der Waals surface area contributed by atoms with Crippen molar-refractivity contribution in [2.45, 2.75) is 6.92 Å². The third kappa shape index (κ3) is 2.34. The first kappa shape index (κ1) is 10.6. The summed E-state index contributed by atoms with van der Waals surface area (Å²) in [5.41, 5.74) is 6.39. The fraction of sp³-hybridized carbons (Fsp3) is 0.571. The summed E-state index contributed by atoms with van der Waals surface area (Å²) in [5, 5.41) is 5.33. The Hall–Kier alpha value is -1.39. The molecule has 0 bridgehead atoms. The average molecular weight is 172 g/mol. The second kappa shape index (κ2) is 4.48. The Bertz CT molecular complexity index is 200. The number of rotatable bonds is 2. The maximum absolute atomic E-state index is 11.0. The number of nitrogens with one attached hydrogen (secondary N) is 2. The summed E-state index contributed by atoms with van der Waals surface area (Å²) in [7, 11) is 4.91. The minimum atomic E-state index is -0.234. The Balaban J connectivity index is 4.48. The van der Waals surface area contributed by atoms with Crippen molar-refractivity contribution in [1.82, 2.24) is 15.5 Å². The van der Waals surface area contributed by atoms with Crippen molar-refractivity contribution in [3.63, 3.8) is 0 Å². The Morgan fingerprint density at radius 3 is 2.17 bits per heavy atom. The lowest BCUT2D eigenvalue weighted by Crippen LogP contribution is -2.38. The van der Waals surface area contributed by atoms with Crippen molar-refractivity contribution in [2.75, 3.05) is 21.1 Å². The topological polar surface area (TPSA) is 70.4 Å². The Kier molecular flexibility index (Phi) is 3.96. The molecule has 0 spiro atoms. The Morgan fingerprint density at radius 2 is 1.83 bits per heavy atom. The van der Waals surface area contributed by atoms with Crippen LogP contribution in [-0.2, 0) is 0 Å². The average Bonchev–Trinajstić information content (AvgIpc) is 2.12. The van der Waals surface area contributed by atoms with E-state index in [9.17, 15) is 4.79 Å². The predicted octanol–water partition coefficient (Wildman–Crippen LogP) is -0.375. The van der Waals surface area contributed by atoms with Crippen LogP contribution in [0.3, 0.4) is 0 Å². The molecule has 70 valence electrons. The van der Waals surface area contributed by atoms with E-state index >= 15 is 0 Å². The van der Waals surface area contributed by atoms with Crippen LogP contribution in [0.15, 0.2) is 11.5 Å². The van der Waals surface area contributed by atoms with E-state index in [0.717, 1.165) is 5.70 Å². The molecule has 0 aliphatic heterocycles. The number of urea groups is 1. The summed E-state index contributed by atoms with van der Waals surface area (Å²) in [4.78, 5) is 12.4. The number of hydrogen-bond donors (Lipinski definition) is 3. The van der Waals surface area contributed by atoms with Crippen LogP contribution in [0.25, 0.3) is 0 Å². The molecule has 0 aromatic rings. The first-order valence-electron chi connectivity index (χ1n) is 3.64. The summed E-state index contributed by atoms with van der Waals surface area (Å²) in [6.45, 7) is 1.80. The minimum Gasteiger partial charge on any atom is -0.389 e. The molecule has 0 aliphatic carbocycles. The lowest BCUT2D eigenvalue weighted by atomic mass is 10.4. The van der Waals surface area contributed by atoms with E-state index in [1.165, 1.54) is 4.90 Å². The van der Waals surface area contributed by atoms with Crippen LogP contribution in [0, 0.1) is 0 Å². The smallest absolute Gasteiger partial charge is 0.322 e. The molecule has 0 saturated heterocycles. The van der Waals surface area contributed by atoms with Crippen LogP contribution in [0.5, 0.6) is 0 Å². The largest absolute Gasteiger partial charge is 0.389 e. The molecule has 0 unspecified atom stereocenters. The molecule has 0 heterocycles. The molecule has 0 aromatic heterocycles. The predicted molar refractivity (Wildman–Crippen MR) is 48.2 cm³/mol. The van der Waals surface area contributed by atoms with Crippen LogP contribution in [0.4, 0.5) is 4.79 Å². The van der Waals surface area contributed by atoms with Gasteiger partial charge in [0.05, 0.1) is 0 Å². The molecule has 5 heteroatoms. The summed E-state index contributed by atoms with van der Waals surface area (Å²) >= 11 is 0. The third-order valence-electron chi connectivity index (χ3n) is 1.64. The summed E-state index contributed by atoms with van der Waals surface area (Å²) in [6.07, 6.45) is 0. The first-order valence-corrected chi connectivity index (χ1v) is 3.64. The minimum absolute atomic E-state index is 0.234. The maximum atomic E-state index is 11.0. The van der Waals surface area contributed by atoms with Crippen LogP contribution in [0.1, 0.15) is 6.92 Å². The van der Waals surface area contributed by atoms with Gasteiger partial charge in [-0.3, -0.25) is 4.90 Å². The number of hydrogen-bond acceptors (Lipinski definition) is 3. The molecule has 2 amide bonds. The van der Waals surface area contributed by atoms with Gasteiger partial charge in [-0.1, -0.05) is 0 Å². The molecule has 0 rings (SSSR count). The lowest BCUT2D eigenvalue weighted by molar-refractivity contribution is 0.220. The van der Waals surface area contributed by atoms with E-state index in [1.807, 2.05) is 0 Å². The number of amides is 2. The fourth-order valence-corrected chi connectivity index (χ4v) is 0.657. The molecule has 5 nitrogen and oxygen atoms in total. The van der Waals surface area contributed by atoms with E-state index in [2.05, 4.69) is 10.6 Å². The monoisotopic (exact) mass is 172 g/mol. The van der Waals surface area contributed by atoms with Crippen molar-refractivity contribution in [1.29, 1.82) is 0 Å². The number of carbonyl (C=O) groups is 1. The molecular weight excluding hydrogens is 156 g/mol. The Morgan fingerprint density at radius 1 is 1.33 bits per heavy atom. The molecule has 0 saturated carbocycles. The molecule has 0 aromatic carbocycles. The van der Waals surface area contributed by atoms with Gasteiger partial charge in [-0.15, -0.1) is 0 Å². The summed E-state index contributed by atoms with van der Waals surface area (Å²) < 4.78 is 0. The number of nitrogens with zero attached hydrogens (tertiary/aromatic N) is 1. The highest BCUT2D eigenvalue weighted by Gasteiger charge is 2.09. The van der Waals surface area contributed by atoms with E-state index < -0.39 is 0 Å². The standard InChI is InChI=1S/C7H16N4O/c1-5(9-2)6(8)11(4)7(12)10-3/h9H,8H2,1-4H3,(H,10,12)/b6-5-. The normalized spacial score (nSPS) is 11.7. The van der Waals surface area contributed by atoms with Crippen LogP contribution in [0.2, 0.25) is 0 Å². The number of carbonyl (C=O) groups excluding carboxylic acids is 1. The van der Waals surface area contributed by atoms with Crippen molar-refractivity contribution in [2.24, 2.45) is 5.73 Å². The highest BCUT2D eigenvalue weighted by molar-refractivity contribution is 5.75. The molecule has 12 heavy (non-hydrogen) atoms. The highest BCUT2D eigenvalue weighted by Crippen LogP contribution is 1.98. The molecule has 0 radical (unpaired) electrons. The Labute approximate surface area is 72.6 Å². The van der Waals surface area contributed by atoms with Gasteiger partial charge >= 0.3 is 6.03 Å². The van der Waals surface area contributed by atoms with E-state index in [1.54, 1.807) is 28.1 Å². The van der Waals surface area contributed by atoms with Gasteiger partial charge in [-0.2, -0.15) is 0 Å². The van der Waals surface area contributed by atoms with Gasteiger partial charge in [0.1, 0.15) is 5.82 Å². The van der Waals surface area contributed by atoms with Crippen molar-refractivity contribution >= 4 is 6.03 Å². The van der Waals surface area contributed by atoms with E-state index in [4.69, 9.17) is 5.73 Å². The zero-order valence-electron chi connectivity index (χ0n) is 7.93. The van der Waals surface area contributed by atoms with Gasteiger partial charge in [-0.25, -0.2) is 4.79 Å². The lowest BCUT2D eigenvalue weighted by Gasteiger charge is -2.18. The van der Waals surface area contributed by atoms with Gasteiger partial charge in [0, 0.05) is 26.8 Å². The van der Waals surface area contributed by atoms with E-state index in [0.29, 0.717) is 5.82 Å². The molecule has 0 fully saturated rings. The number of nitrogens with two attached hydrogens (primary N) is 1. The van der Waals surface area contributed by atoms with Crippen molar-refractivity contribution in [3.8, 4) is 0 Å². The van der Waals surface area contributed by atoms with Crippen LogP contribution in [-0.4, -0.2) is 32.1 Å². The third-order valence-corrected chi connectivity index (χ3v) is 1.64. The van der Waals surface area contributed by atoms with E-state index in [-0.39, 0.29) is 6.03 Å². The highest BCUT2D eigenvalue weighted by atomic mass is 16.2. The van der Waals surface area contributed by atoms with Gasteiger partial charge in [0.15, 0.2) is 0 Å². The van der Waals surface area contributed by atoms with Gasteiger partial charge < -0.3 is 16.4 Å². The molecule has 4 N–H and O–H groups in total. The number of allylic oxidation sites excluding steroid dienone is 1. The zero-order valence-corrected chi connectivity index (χ0v) is 7.93. The van der Waals surface area contributed by atoms with Crippen LogP contribution >= 0.6 is 0 Å². The second-order valence-electron chi connectivity index (χ2n) is 2.37. The summed E-state index contributed by atoms with van der Waals surface area (Å²) in [5.74, 6) is 0.414. The molecule has 0 atom stereocenters. The molecule has 0 aliphatic rings. The van der Waals surface area contributed by atoms with Crippen molar-refractivity contribution in [3.05, 3.63) is 11.5 Å². The zero-order chi connectivity index (χ0) is 9.72. The first-order chi connectivity index (χ1) is 5.54. The fourth-order valence-electron chi connectivity index (χ4n) is 0.657. The van der Waals surface area contributed by atoms with Crippen LogP contribution < -0.4 is 16.4 Å². The SMILES string of the molecule is CNC(=O)N(C)/C(N)=C(/C)NC. The maximum Gasteiger partial charge on any atom is 0.322 e. The van der Waals surface area contributed by atoms with Gasteiger partial charge in [0.2, 0.25) is 0 Å². The second-order valence-corrected chi connectivity index (χ2v) is 2.37. The quantitative estimate of drug-likeness (QED) is 0.532. The molecular formula is C7H16N4O.